The van der Waals surface area contributed by atoms with E-state index in [1.165, 1.54) is 4.90 Å². The van der Waals surface area contributed by atoms with E-state index in [0.29, 0.717) is 6.61 Å². The first kappa shape index (κ1) is 17.9. The Bertz CT molecular complexity index is 455. The van der Waals surface area contributed by atoms with Gasteiger partial charge in [-0.3, -0.25) is 4.79 Å². The Kier molecular flexibility index (Phi) is 6.14. The third kappa shape index (κ3) is 7.42. The first-order valence-corrected chi connectivity index (χ1v) is 8.25. The Balaban J connectivity index is 2.35. The highest BCUT2D eigenvalue weighted by Crippen LogP contribution is 2.22. The van der Waals surface area contributed by atoms with Gasteiger partial charge in [0.15, 0.2) is 0 Å². The lowest BCUT2D eigenvalue weighted by molar-refractivity contribution is -0.152. The molecule has 0 aliphatic rings. The molecule has 0 unspecified atom stereocenters. The van der Waals surface area contributed by atoms with Crippen molar-refractivity contribution in [1.29, 1.82) is 0 Å². The SMILES string of the molecule is CC(C)(C)Nc1ccc(SCCOC(=O)C(C)(C)C)cc1. The normalized spacial score (nSPS) is 12.1. The van der Waals surface area contributed by atoms with Crippen molar-refractivity contribution < 1.29 is 9.53 Å². The van der Waals surface area contributed by atoms with E-state index < -0.39 is 5.41 Å². The topological polar surface area (TPSA) is 38.3 Å². The van der Waals surface area contributed by atoms with Crippen molar-refractivity contribution in [2.24, 2.45) is 5.41 Å². The molecular weight excluding hydrogens is 282 g/mol. The predicted molar refractivity (Wildman–Crippen MR) is 91.0 cm³/mol. The van der Waals surface area contributed by atoms with Gasteiger partial charge in [-0.2, -0.15) is 0 Å². The van der Waals surface area contributed by atoms with Crippen molar-refractivity contribution >= 4 is 23.4 Å². The number of rotatable bonds is 5. The van der Waals surface area contributed by atoms with E-state index in [4.69, 9.17) is 4.74 Å². The van der Waals surface area contributed by atoms with Gasteiger partial charge in [-0.15, -0.1) is 11.8 Å². The molecule has 0 aromatic heterocycles. The highest BCUT2D eigenvalue weighted by atomic mass is 32.2. The average Bonchev–Trinajstić information content (AvgIpc) is 2.33. The summed E-state index contributed by atoms with van der Waals surface area (Å²) in [4.78, 5) is 12.8. The van der Waals surface area contributed by atoms with Crippen LogP contribution in [0.5, 0.6) is 0 Å². The molecule has 0 atom stereocenters. The first-order chi connectivity index (χ1) is 9.58. The Labute approximate surface area is 132 Å². The molecule has 4 heteroatoms. The van der Waals surface area contributed by atoms with Crippen molar-refractivity contribution in [3.63, 3.8) is 0 Å². The molecule has 3 nitrogen and oxygen atoms in total. The summed E-state index contributed by atoms with van der Waals surface area (Å²) >= 11 is 1.69. The van der Waals surface area contributed by atoms with Crippen molar-refractivity contribution in [2.45, 2.75) is 52.0 Å². The summed E-state index contributed by atoms with van der Waals surface area (Å²) in [5.74, 6) is 0.626. The van der Waals surface area contributed by atoms with Crippen LogP contribution in [0.4, 0.5) is 5.69 Å². The molecule has 118 valence electrons. The van der Waals surface area contributed by atoms with E-state index in [-0.39, 0.29) is 11.5 Å². The smallest absolute Gasteiger partial charge is 0.311 e. The zero-order valence-electron chi connectivity index (χ0n) is 13.9. The van der Waals surface area contributed by atoms with Gasteiger partial charge < -0.3 is 10.1 Å². The van der Waals surface area contributed by atoms with Gasteiger partial charge in [0.05, 0.1) is 5.41 Å². The van der Waals surface area contributed by atoms with E-state index >= 15 is 0 Å². The van der Waals surface area contributed by atoms with Gasteiger partial charge in [-0.05, 0) is 65.8 Å². The quantitative estimate of drug-likeness (QED) is 0.491. The van der Waals surface area contributed by atoms with E-state index in [2.05, 4.69) is 50.4 Å². The first-order valence-electron chi connectivity index (χ1n) is 7.26. The number of benzene rings is 1. The van der Waals surface area contributed by atoms with Crippen molar-refractivity contribution in [3.05, 3.63) is 24.3 Å². The fraction of sp³-hybridized carbons (Fsp3) is 0.588. The van der Waals surface area contributed by atoms with Crippen LogP contribution in [0.15, 0.2) is 29.2 Å². The number of thioether (sulfide) groups is 1. The minimum atomic E-state index is -0.426. The van der Waals surface area contributed by atoms with Gasteiger partial charge in [0.2, 0.25) is 0 Å². The molecule has 1 rings (SSSR count). The molecule has 0 spiro atoms. The molecule has 0 aliphatic heterocycles. The molecular formula is C17H27NO2S. The van der Waals surface area contributed by atoms with Crippen LogP contribution in [0.25, 0.3) is 0 Å². The molecule has 0 heterocycles. The fourth-order valence-corrected chi connectivity index (χ4v) is 2.31. The molecule has 1 N–H and O–H groups in total. The lowest BCUT2D eigenvalue weighted by atomic mass is 9.97. The zero-order chi connectivity index (χ0) is 16.1. The molecule has 0 saturated carbocycles. The predicted octanol–water partition coefficient (Wildman–Crippen LogP) is 4.58. The van der Waals surface area contributed by atoms with E-state index in [9.17, 15) is 4.79 Å². The molecule has 0 fully saturated rings. The molecule has 0 bridgehead atoms. The summed E-state index contributed by atoms with van der Waals surface area (Å²) < 4.78 is 5.25. The zero-order valence-corrected chi connectivity index (χ0v) is 14.8. The Morgan fingerprint density at radius 1 is 1.10 bits per heavy atom. The maximum Gasteiger partial charge on any atom is 0.311 e. The second-order valence-electron chi connectivity index (χ2n) is 7.13. The molecule has 1 aromatic carbocycles. The highest BCUT2D eigenvalue weighted by molar-refractivity contribution is 7.99. The fourth-order valence-electron chi connectivity index (χ4n) is 1.58. The summed E-state index contributed by atoms with van der Waals surface area (Å²) in [6.45, 7) is 12.5. The van der Waals surface area contributed by atoms with Crippen LogP contribution in [-0.4, -0.2) is 23.9 Å². The number of hydrogen-bond acceptors (Lipinski definition) is 4. The number of esters is 1. The minimum Gasteiger partial charge on any atom is -0.464 e. The summed E-state index contributed by atoms with van der Waals surface area (Å²) in [6, 6.07) is 8.33. The van der Waals surface area contributed by atoms with Crippen LogP contribution in [0.3, 0.4) is 0 Å². The lowest BCUT2D eigenvalue weighted by Gasteiger charge is -2.22. The minimum absolute atomic E-state index is 0.0653. The van der Waals surface area contributed by atoms with Crippen LogP contribution >= 0.6 is 11.8 Å². The molecule has 0 radical (unpaired) electrons. The average molecular weight is 309 g/mol. The van der Waals surface area contributed by atoms with Crippen LogP contribution in [-0.2, 0) is 9.53 Å². The molecule has 0 saturated heterocycles. The third-order valence-corrected chi connectivity index (χ3v) is 3.55. The van der Waals surface area contributed by atoms with E-state index in [0.717, 1.165) is 11.4 Å². The number of hydrogen-bond donors (Lipinski definition) is 1. The van der Waals surface area contributed by atoms with Crippen LogP contribution < -0.4 is 5.32 Å². The molecule has 1 aromatic rings. The summed E-state index contributed by atoms with van der Waals surface area (Å²) in [5.41, 5.74) is 0.756. The van der Waals surface area contributed by atoms with Crippen LogP contribution in [0, 0.1) is 5.41 Å². The third-order valence-electron chi connectivity index (χ3n) is 2.57. The standard InChI is InChI=1S/C17H27NO2S/c1-16(2,3)15(19)20-11-12-21-14-9-7-13(8-10-14)18-17(4,5)6/h7-10,18H,11-12H2,1-6H3. The second kappa shape index (κ2) is 7.21. The van der Waals surface area contributed by atoms with E-state index in [1.54, 1.807) is 11.8 Å². The molecule has 21 heavy (non-hydrogen) atoms. The maximum absolute atomic E-state index is 11.6. The number of nitrogens with one attached hydrogen (secondary N) is 1. The van der Waals surface area contributed by atoms with Crippen molar-refractivity contribution in [2.75, 3.05) is 17.7 Å². The second-order valence-corrected chi connectivity index (χ2v) is 8.30. The lowest BCUT2D eigenvalue weighted by Crippen LogP contribution is -2.25. The summed E-state index contributed by atoms with van der Waals surface area (Å²) in [5, 5.41) is 3.43. The monoisotopic (exact) mass is 309 g/mol. The van der Waals surface area contributed by atoms with Crippen molar-refractivity contribution in [3.8, 4) is 0 Å². The van der Waals surface area contributed by atoms with Gasteiger partial charge in [0.1, 0.15) is 6.61 Å². The largest absolute Gasteiger partial charge is 0.464 e. The molecule has 0 amide bonds. The van der Waals surface area contributed by atoms with Crippen LogP contribution in [0.1, 0.15) is 41.5 Å². The summed E-state index contributed by atoms with van der Waals surface area (Å²) in [7, 11) is 0. The number of carbonyl (C=O) groups is 1. The maximum atomic E-state index is 11.6. The summed E-state index contributed by atoms with van der Waals surface area (Å²) in [6.07, 6.45) is 0. The van der Waals surface area contributed by atoms with Gasteiger partial charge in [-0.1, -0.05) is 0 Å². The highest BCUT2D eigenvalue weighted by Gasteiger charge is 2.22. The van der Waals surface area contributed by atoms with Gasteiger partial charge in [-0.25, -0.2) is 0 Å². The number of ether oxygens (including phenoxy) is 1. The number of anilines is 1. The van der Waals surface area contributed by atoms with E-state index in [1.807, 2.05) is 20.8 Å². The van der Waals surface area contributed by atoms with Gasteiger partial charge in [0.25, 0.3) is 0 Å². The van der Waals surface area contributed by atoms with Gasteiger partial charge in [0, 0.05) is 21.9 Å². The molecule has 0 aliphatic carbocycles. The number of carbonyl (C=O) groups excluding carboxylic acids is 1. The Morgan fingerprint density at radius 2 is 1.67 bits per heavy atom. The Morgan fingerprint density at radius 3 is 2.14 bits per heavy atom. The van der Waals surface area contributed by atoms with Crippen LogP contribution in [0.2, 0.25) is 0 Å². The van der Waals surface area contributed by atoms with Gasteiger partial charge >= 0.3 is 5.97 Å². The Hall–Kier alpha value is -1.16. The van der Waals surface area contributed by atoms with Crippen molar-refractivity contribution in [1.82, 2.24) is 0 Å².